The normalized spacial score (nSPS) is 10.6. The lowest BCUT2D eigenvalue weighted by Gasteiger charge is -2.15. The standard InChI is InChI=1S/C18H28N2O4/c1-6-23-16-10-14(7-8-15(16)24-11-13(4)5)18(22)20-19-17(21)9-12(2)3/h7-8,10,12-13H,6,9,11H2,1-5H3,(H,19,21)(H,20,22). The van der Waals surface area contributed by atoms with Crippen LogP contribution in [0.25, 0.3) is 0 Å². The maximum atomic E-state index is 12.1. The second-order valence-electron chi connectivity index (χ2n) is 6.40. The van der Waals surface area contributed by atoms with E-state index in [-0.39, 0.29) is 11.8 Å². The molecule has 0 aliphatic heterocycles. The molecule has 0 atom stereocenters. The minimum absolute atomic E-state index is 0.222. The molecule has 24 heavy (non-hydrogen) atoms. The lowest BCUT2D eigenvalue weighted by atomic mass is 10.1. The first-order valence-corrected chi connectivity index (χ1v) is 8.32. The van der Waals surface area contributed by atoms with E-state index in [1.54, 1.807) is 18.2 Å². The van der Waals surface area contributed by atoms with Gasteiger partial charge in [-0.1, -0.05) is 27.7 Å². The number of carbonyl (C=O) groups excluding carboxylic acids is 2. The van der Waals surface area contributed by atoms with Crippen LogP contribution in [0.15, 0.2) is 18.2 Å². The first kappa shape index (κ1) is 19.8. The highest BCUT2D eigenvalue weighted by Gasteiger charge is 2.13. The maximum Gasteiger partial charge on any atom is 0.269 e. The van der Waals surface area contributed by atoms with Gasteiger partial charge in [0.05, 0.1) is 13.2 Å². The lowest BCUT2D eigenvalue weighted by molar-refractivity contribution is -0.122. The molecule has 0 radical (unpaired) electrons. The molecule has 1 aromatic carbocycles. The van der Waals surface area contributed by atoms with Gasteiger partial charge in [-0.3, -0.25) is 20.4 Å². The fourth-order valence-electron chi connectivity index (χ4n) is 1.91. The van der Waals surface area contributed by atoms with Crippen molar-refractivity contribution in [3.63, 3.8) is 0 Å². The lowest BCUT2D eigenvalue weighted by Crippen LogP contribution is -2.42. The second kappa shape index (κ2) is 9.80. The van der Waals surface area contributed by atoms with E-state index in [9.17, 15) is 9.59 Å². The van der Waals surface area contributed by atoms with Crippen LogP contribution in [0, 0.1) is 11.8 Å². The number of benzene rings is 1. The minimum atomic E-state index is -0.400. The molecule has 0 spiro atoms. The summed E-state index contributed by atoms with van der Waals surface area (Å²) in [5, 5.41) is 0. The van der Waals surface area contributed by atoms with Gasteiger partial charge in [0.1, 0.15) is 0 Å². The van der Waals surface area contributed by atoms with Gasteiger partial charge in [0.2, 0.25) is 5.91 Å². The van der Waals surface area contributed by atoms with Crippen LogP contribution in [-0.4, -0.2) is 25.0 Å². The zero-order valence-electron chi connectivity index (χ0n) is 15.1. The summed E-state index contributed by atoms with van der Waals surface area (Å²) in [6, 6.07) is 4.96. The number of nitrogens with one attached hydrogen (secondary N) is 2. The first-order chi connectivity index (χ1) is 11.3. The predicted octanol–water partition coefficient (Wildman–Crippen LogP) is 2.93. The van der Waals surface area contributed by atoms with E-state index in [2.05, 4.69) is 24.7 Å². The third kappa shape index (κ3) is 6.89. The first-order valence-electron chi connectivity index (χ1n) is 8.32. The Morgan fingerprint density at radius 1 is 1.00 bits per heavy atom. The molecule has 1 rings (SSSR count). The quantitative estimate of drug-likeness (QED) is 0.716. The van der Waals surface area contributed by atoms with Crippen LogP contribution in [-0.2, 0) is 4.79 Å². The Morgan fingerprint density at radius 3 is 2.29 bits per heavy atom. The van der Waals surface area contributed by atoms with Crippen LogP contribution in [0.1, 0.15) is 51.4 Å². The van der Waals surface area contributed by atoms with Crippen LogP contribution in [0.4, 0.5) is 0 Å². The molecule has 2 N–H and O–H groups in total. The number of amides is 2. The molecule has 134 valence electrons. The van der Waals surface area contributed by atoms with Crippen LogP contribution in [0.2, 0.25) is 0 Å². The molecule has 0 fully saturated rings. The van der Waals surface area contributed by atoms with Gasteiger partial charge in [-0.05, 0) is 37.0 Å². The number of hydrogen-bond donors (Lipinski definition) is 2. The van der Waals surface area contributed by atoms with Gasteiger partial charge in [0.15, 0.2) is 11.5 Å². The Hall–Kier alpha value is -2.24. The molecule has 0 bridgehead atoms. The zero-order valence-corrected chi connectivity index (χ0v) is 15.1. The van der Waals surface area contributed by atoms with E-state index < -0.39 is 5.91 Å². The van der Waals surface area contributed by atoms with Crippen molar-refractivity contribution < 1.29 is 19.1 Å². The van der Waals surface area contributed by atoms with Crippen molar-refractivity contribution >= 4 is 11.8 Å². The monoisotopic (exact) mass is 336 g/mol. The molecule has 6 heteroatoms. The predicted molar refractivity (Wildman–Crippen MR) is 93.0 cm³/mol. The Morgan fingerprint density at radius 2 is 1.71 bits per heavy atom. The molecule has 0 unspecified atom stereocenters. The van der Waals surface area contributed by atoms with Gasteiger partial charge < -0.3 is 9.47 Å². The van der Waals surface area contributed by atoms with Crippen LogP contribution >= 0.6 is 0 Å². The number of hydrogen-bond acceptors (Lipinski definition) is 4. The molecule has 1 aromatic rings. The number of hydrazine groups is 1. The van der Waals surface area contributed by atoms with E-state index in [1.807, 2.05) is 20.8 Å². The van der Waals surface area contributed by atoms with E-state index in [0.29, 0.717) is 42.6 Å². The van der Waals surface area contributed by atoms with Crippen molar-refractivity contribution in [3.8, 4) is 11.5 Å². The highest BCUT2D eigenvalue weighted by molar-refractivity contribution is 5.96. The molecule has 0 aliphatic carbocycles. The minimum Gasteiger partial charge on any atom is -0.490 e. The molecular formula is C18H28N2O4. The average Bonchev–Trinajstić information content (AvgIpc) is 2.50. The molecule has 6 nitrogen and oxygen atoms in total. The Balaban J connectivity index is 2.75. The Kier molecular flexibility index (Phi) is 8.09. The van der Waals surface area contributed by atoms with Crippen molar-refractivity contribution in [2.45, 2.75) is 41.0 Å². The number of carbonyl (C=O) groups is 2. The van der Waals surface area contributed by atoms with Crippen molar-refractivity contribution in [2.24, 2.45) is 11.8 Å². The van der Waals surface area contributed by atoms with Gasteiger partial charge in [-0.15, -0.1) is 0 Å². The van der Waals surface area contributed by atoms with Crippen LogP contribution in [0.5, 0.6) is 11.5 Å². The molecule has 0 heterocycles. The second-order valence-corrected chi connectivity index (χ2v) is 6.40. The molecule has 0 saturated carbocycles. The zero-order chi connectivity index (χ0) is 18.1. The molecule has 0 saturated heterocycles. The summed E-state index contributed by atoms with van der Waals surface area (Å²) >= 11 is 0. The summed E-state index contributed by atoms with van der Waals surface area (Å²) < 4.78 is 11.2. The third-order valence-electron chi connectivity index (χ3n) is 2.99. The van der Waals surface area contributed by atoms with E-state index in [1.165, 1.54) is 0 Å². The maximum absolute atomic E-state index is 12.1. The van der Waals surface area contributed by atoms with Gasteiger partial charge >= 0.3 is 0 Å². The Labute approximate surface area is 143 Å². The van der Waals surface area contributed by atoms with Crippen molar-refractivity contribution in [2.75, 3.05) is 13.2 Å². The molecule has 0 aliphatic rings. The van der Waals surface area contributed by atoms with Gasteiger partial charge in [0, 0.05) is 12.0 Å². The van der Waals surface area contributed by atoms with Crippen molar-refractivity contribution in [1.82, 2.24) is 10.9 Å². The molecular weight excluding hydrogens is 308 g/mol. The summed E-state index contributed by atoms with van der Waals surface area (Å²) in [5.74, 6) is 1.11. The summed E-state index contributed by atoms with van der Waals surface area (Å²) in [5.41, 5.74) is 5.21. The summed E-state index contributed by atoms with van der Waals surface area (Å²) in [4.78, 5) is 23.7. The van der Waals surface area contributed by atoms with Crippen molar-refractivity contribution in [1.29, 1.82) is 0 Å². The third-order valence-corrected chi connectivity index (χ3v) is 2.99. The van der Waals surface area contributed by atoms with Gasteiger partial charge in [-0.25, -0.2) is 0 Å². The summed E-state index contributed by atoms with van der Waals surface area (Å²) in [6.07, 6.45) is 0.354. The number of rotatable bonds is 8. The molecule has 0 aromatic heterocycles. The summed E-state index contributed by atoms with van der Waals surface area (Å²) in [6.45, 7) is 10.9. The number of ether oxygens (including phenoxy) is 2. The van der Waals surface area contributed by atoms with E-state index >= 15 is 0 Å². The van der Waals surface area contributed by atoms with Crippen LogP contribution < -0.4 is 20.3 Å². The SMILES string of the molecule is CCOc1cc(C(=O)NNC(=O)CC(C)C)ccc1OCC(C)C. The van der Waals surface area contributed by atoms with Gasteiger partial charge in [0.25, 0.3) is 5.91 Å². The average molecular weight is 336 g/mol. The summed E-state index contributed by atoms with van der Waals surface area (Å²) in [7, 11) is 0. The van der Waals surface area contributed by atoms with Gasteiger partial charge in [-0.2, -0.15) is 0 Å². The van der Waals surface area contributed by atoms with Crippen LogP contribution in [0.3, 0.4) is 0 Å². The highest BCUT2D eigenvalue weighted by atomic mass is 16.5. The molecule has 2 amide bonds. The largest absolute Gasteiger partial charge is 0.490 e. The fraction of sp³-hybridized carbons (Fsp3) is 0.556. The topological polar surface area (TPSA) is 76.7 Å². The highest BCUT2D eigenvalue weighted by Crippen LogP contribution is 2.29. The fourth-order valence-corrected chi connectivity index (χ4v) is 1.91. The van der Waals surface area contributed by atoms with Crippen molar-refractivity contribution in [3.05, 3.63) is 23.8 Å². The smallest absolute Gasteiger partial charge is 0.269 e. The van der Waals surface area contributed by atoms with E-state index in [4.69, 9.17) is 9.47 Å². The van der Waals surface area contributed by atoms with E-state index in [0.717, 1.165) is 0 Å². The Bertz CT molecular complexity index is 556.